The SMILES string of the molecule is CC(=O)NC[C@@H]1ON(Cc2cccc(-c3cc(C(=O)N[C@H](CN(C)C)CC(C)(C)C)cc(N(C)C)c3)c2C)[C@H](C(=O)NC2C[C@@H]3C[C@H]([C@@H]2C)C3(C)C)[C@@H]1[C@H](C)O. The van der Waals surface area contributed by atoms with Crippen molar-refractivity contribution in [3.05, 3.63) is 53.1 Å². The summed E-state index contributed by atoms with van der Waals surface area (Å²) in [7, 11) is 8.00. The predicted molar refractivity (Wildman–Crippen MR) is 224 cm³/mol. The Morgan fingerprint density at radius 1 is 1.07 bits per heavy atom. The molecule has 0 spiro atoms. The molecule has 1 saturated heterocycles. The van der Waals surface area contributed by atoms with Crippen LogP contribution in [0.5, 0.6) is 0 Å². The van der Waals surface area contributed by atoms with Crippen LogP contribution in [-0.2, 0) is 21.0 Å². The molecule has 0 aromatic heterocycles. The molecule has 11 nitrogen and oxygen atoms in total. The second-order valence-corrected chi connectivity index (χ2v) is 19.4. The maximum atomic E-state index is 14.5. The summed E-state index contributed by atoms with van der Waals surface area (Å²) in [6.45, 7) is 19.9. The van der Waals surface area contributed by atoms with Crippen molar-refractivity contribution in [1.29, 1.82) is 0 Å². The van der Waals surface area contributed by atoms with Crippen LogP contribution in [-0.4, -0.2) is 104 Å². The summed E-state index contributed by atoms with van der Waals surface area (Å²) >= 11 is 0. The van der Waals surface area contributed by atoms with Crippen LogP contribution in [0, 0.1) is 41.4 Å². The third-order valence-corrected chi connectivity index (χ3v) is 13.0. The predicted octanol–water partition coefficient (Wildman–Crippen LogP) is 5.63. The number of anilines is 1. The summed E-state index contributed by atoms with van der Waals surface area (Å²) in [5, 5.41) is 22.5. The third kappa shape index (κ3) is 9.77. The van der Waals surface area contributed by atoms with Crippen LogP contribution in [0.15, 0.2) is 36.4 Å². The molecule has 3 aliphatic carbocycles. The molecule has 56 heavy (non-hydrogen) atoms. The Labute approximate surface area is 336 Å². The van der Waals surface area contributed by atoms with Crippen LogP contribution in [0.4, 0.5) is 5.69 Å². The van der Waals surface area contributed by atoms with Crippen molar-refractivity contribution in [2.45, 2.75) is 118 Å². The zero-order chi connectivity index (χ0) is 41.4. The van der Waals surface area contributed by atoms with Crippen molar-refractivity contribution >= 4 is 23.4 Å². The highest BCUT2D eigenvalue weighted by Crippen LogP contribution is 2.61. The van der Waals surface area contributed by atoms with Gasteiger partial charge >= 0.3 is 0 Å². The van der Waals surface area contributed by atoms with Gasteiger partial charge in [0.15, 0.2) is 0 Å². The molecule has 4 N–H and O–H groups in total. The highest BCUT2D eigenvalue weighted by molar-refractivity contribution is 5.97. The van der Waals surface area contributed by atoms with Gasteiger partial charge in [-0.1, -0.05) is 59.7 Å². The zero-order valence-corrected chi connectivity index (χ0v) is 36.3. The summed E-state index contributed by atoms with van der Waals surface area (Å²) in [5.74, 6) is 0.457. The minimum absolute atomic E-state index is 0.0153. The quantitative estimate of drug-likeness (QED) is 0.195. The lowest BCUT2D eigenvalue weighted by Crippen LogP contribution is -2.62. The second-order valence-electron chi connectivity index (χ2n) is 19.4. The van der Waals surface area contributed by atoms with E-state index in [1.165, 1.54) is 13.3 Å². The Kier molecular flexibility index (Phi) is 13.4. The van der Waals surface area contributed by atoms with E-state index in [1.807, 2.05) is 57.4 Å². The second kappa shape index (κ2) is 17.1. The lowest BCUT2D eigenvalue weighted by molar-refractivity contribution is -0.177. The molecule has 4 aliphatic rings. The molecule has 0 radical (unpaired) electrons. The van der Waals surface area contributed by atoms with Crippen molar-refractivity contribution in [2.24, 2.45) is 34.5 Å². The van der Waals surface area contributed by atoms with E-state index in [-0.39, 0.29) is 53.7 Å². The lowest BCUT2D eigenvalue weighted by Gasteiger charge is -2.62. The molecule has 9 atom stereocenters. The first kappa shape index (κ1) is 43.6. The molecule has 1 unspecified atom stereocenters. The number of likely N-dealkylation sites (N-methyl/N-ethyl adjacent to an activating group) is 1. The topological polar surface area (TPSA) is 126 Å². The Hall–Kier alpha value is -3.51. The van der Waals surface area contributed by atoms with Crippen LogP contribution in [0.2, 0.25) is 0 Å². The maximum absolute atomic E-state index is 14.5. The fraction of sp³-hybridized carbons (Fsp3) is 0.667. The summed E-state index contributed by atoms with van der Waals surface area (Å²) in [5.41, 5.74) is 5.67. The number of aliphatic hydroxyl groups excluding tert-OH is 1. The minimum atomic E-state index is -0.864. The monoisotopic (exact) mass is 775 g/mol. The fourth-order valence-electron chi connectivity index (χ4n) is 9.85. The van der Waals surface area contributed by atoms with Crippen LogP contribution in [0.3, 0.4) is 0 Å². The average Bonchev–Trinajstić information content (AvgIpc) is 3.46. The molecule has 6 rings (SSSR count). The number of fused-ring (bicyclic) bond motifs is 2. The van der Waals surface area contributed by atoms with E-state index in [0.717, 1.165) is 47.3 Å². The van der Waals surface area contributed by atoms with Gasteiger partial charge in [-0.2, -0.15) is 5.06 Å². The van der Waals surface area contributed by atoms with Gasteiger partial charge in [-0.25, -0.2) is 0 Å². The summed E-state index contributed by atoms with van der Waals surface area (Å²) in [4.78, 5) is 51.0. The van der Waals surface area contributed by atoms with Crippen LogP contribution >= 0.6 is 0 Å². The van der Waals surface area contributed by atoms with Crippen molar-refractivity contribution in [2.75, 3.05) is 46.2 Å². The Morgan fingerprint density at radius 2 is 1.77 bits per heavy atom. The van der Waals surface area contributed by atoms with Gasteiger partial charge in [-0.15, -0.1) is 0 Å². The number of carbonyl (C=O) groups is 3. The molecule has 4 fully saturated rings. The van der Waals surface area contributed by atoms with E-state index in [9.17, 15) is 19.5 Å². The number of hydrogen-bond donors (Lipinski definition) is 4. The van der Waals surface area contributed by atoms with E-state index >= 15 is 0 Å². The molecule has 1 aliphatic heterocycles. The largest absolute Gasteiger partial charge is 0.393 e. The number of nitrogens with one attached hydrogen (secondary N) is 3. The number of nitrogens with zero attached hydrogens (tertiary/aromatic N) is 3. The van der Waals surface area contributed by atoms with Crippen molar-refractivity contribution < 1.29 is 24.3 Å². The summed E-state index contributed by atoms with van der Waals surface area (Å²) in [6, 6.07) is 11.4. The molecule has 2 bridgehead atoms. The first-order chi connectivity index (χ1) is 26.1. The van der Waals surface area contributed by atoms with E-state index < -0.39 is 24.2 Å². The number of hydrogen-bond acceptors (Lipinski definition) is 8. The molecular weight excluding hydrogens is 705 g/mol. The minimum Gasteiger partial charge on any atom is -0.393 e. The van der Waals surface area contributed by atoms with Gasteiger partial charge in [0, 0.05) is 63.4 Å². The Morgan fingerprint density at radius 3 is 2.34 bits per heavy atom. The van der Waals surface area contributed by atoms with Gasteiger partial charge in [0.2, 0.25) is 11.8 Å². The van der Waals surface area contributed by atoms with Crippen LogP contribution in [0.25, 0.3) is 11.1 Å². The molecule has 1 heterocycles. The molecule has 3 saturated carbocycles. The van der Waals surface area contributed by atoms with E-state index in [2.05, 4.69) is 81.4 Å². The van der Waals surface area contributed by atoms with Gasteiger partial charge in [-0.05, 0) is 116 Å². The van der Waals surface area contributed by atoms with Gasteiger partial charge in [0.05, 0.1) is 12.6 Å². The highest BCUT2D eigenvalue weighted by atomic mass is 16.7. The number of benzene rings is 2. The first-order valence-electron chi connectivity index (χ1n) is 20.6. The van der Waals surface area contributed by atoms with Gasteiger partial charge in [0.1, 0.15) is 12.1 Å². The third-order valence-electron chi connectivity index (χ3n) is 13.0. The Bertz CT molecular complexity index is 1730. The first-order valence-corrected chi connectivity index (χ1v) is 20.6. The molecular formula is C45H70N6O5. The lowest BCUT2D eigenvalue weighted by atomic mass is 9.45. The van der Waals surface area contributed by atoms with Crippen LogP contribution < -0.4 is 20.9 Å². The molecule has 2 aromatic rings. The summed E-state index contributed by atoms with van der Waals surface area (Å²) < 4.78 is 0. The van der Waals surface area contributed by atoms with Crippen molar-refractivity contribution in [3.63, 3.8) is 0 Å². The number of rotatable bonds is 14. The fourth-order valence-corrected chi connectivity index (χ4v) is 9.85. The summed E-state index contributed by atoms with van der Waals surface area (Å²) in [6.07, 6.45) is 1.54. The molecule has 3 amide bonds. The maximum Gasteiger partial charge on any atom is 0.251 e. The average molecular weight is 775 g/mol. The number of carbonyl (C=O) groups excluding carboxylic acids is 3. The smallest absolute Gasteiger partial charge is 0.251 e. The number of amides is 3. The van der Waals surface area contributed by atoms with Crippen molar-refractivity contribution in [1.82, 2.24) is 25.9 Å². The standard InChI is InChI=1S/C45H70N6O5/c1-26-30(15-14-16-36(26)31-17-32(19-35(18-31)50(12)13)42(54)47-34(25-49(10)11)22-44(5,6)7)24-51-41(40(28(3)52)39(56-51)23-46-29(4)53)43(55)48-38-21-33-20-37(27(38)2)45(33,8)9/h14-19,27-28,33-34,37-41,52H,20-25H2,1-13H3,(H,46,53)(H,47,54)(H,48,55)/t27-,28-,33-,34-,37+,38?,39-,40+,41-/m0/s1. The van der Waals surface area contributed by atoms with Crippen molar-refractivity contribution in [3.8, 4) is 11.1 Å². The van der Waals surface area contributed by atoms with E-state index in [1.54, 1.807) is 12.0 Å². The van der Waals surface area contributed by atoms with E-state index in [0.29, 0.717) is 23.3 Å². The molecule has 2 aromatic carbocycles. The normalized spacial score (nSPS) is 26.9. The van der Waals surface area contributed by atoms with Gasteiger partial charge in [-0.3, -0.25) is 19.2 Å². The van der Waals surface area contributed by atoms with E-state index in [4.69, 9.17) is 4.84 Å². The highest BCUT2D eigenvalue weighted by Gasteiger charge is 2.57. The number of aliphatic hydroxyl groups is 1. The Balaban J connectivity index is 1.45. The zero-order valence-electron chi connectivity index (χ0n) is 36.3. The molecule has 11 heteroatoms. The number of hydroxylamine groups is 2. The van der Waals surface area contributed by atoms with Gasteiger partial charge in [0.25, 0.3) is 5.91 Å². The van der Waals surface area contributed by atoms with Gasteiger partial charge < -0.3 is 30.9 Å². The van der Waals surface area contributed by atoms with Crippen LogP contribution in [0.1, 0.15) is 96.1 Å². The molecule has 310 valence electrons.